The number of hydrogen-bond donors (Lipinski definition) is 2. The number of carbonyl (C=O) groups excluding carboxylic acids is 1. The lowest BCUT2D eigenvalue weighted by Gasteiger charge is -2.28. The number of para-hydroxylation sites is 1. The fraction of sp³-hybridized carbons (Fsp3) is 0.350. The summed E-state index contributed by atoms with van der Waals surface area (Å²) >= 11 is 0. The average Bonchev–Trinajstić information content (AvgIpc) is 3.17. The van der Waals surface area contributed by atoms with Crippen molar-refractivity contribution in [2.45, 2.75) is 18.9 Å². The van der Waals surface area contributed by atoms with Gasteiger partial charge in [-0.05, 0) is 55.8 Å². The maximum absolute atomic E-state index is 12.2. The van der Waals surface area contributed by atoms with E-state index >= 15 is 0 Å². The van der Waals surface area contributed by atoms with Crippen LogP contribution in [0.5, 0.6) is 5.75 Å². The van der Waals surface area contributed by atoms with Gasteiger partial charge in [0.15, 0.2) is 0 Å². The number of benzene rings is 2. The second-order valence-corrected chi connectivity index (χ2v) is 6.24. The van der Waals surface area contributed by atoms with E-state index < -0.39 is 0 Å². The van der Waals surface area contributed by atoms with Crippen LogP contribution in [-0.2, 0) is 0 Å². The molecule has 2 N–H and O–H groups in total. The van der Waals surface area contributed by atoms with Gasteiger partial charge in [0.25, 0.3) is 0 Å². The monoisotopic (exact) mass is 339 g/mol. The molecular weight excluding hydrogens is 314 g/mol. The van der Waals surface area contributed by atoms with Gasteiger partial charge in [-0.25, -0.2) is 4.79 Å². The summed E-state index contributed by atoms with van der Waals surface area (Å²) in [6.45, 7) is 2.68. The third-order valence-corrected chi connectivity index (χ3v) is 4.55. The van der Waals surface area contributed by atoms with Crippen molar-refractivity contribution in [1.82, 2.24) is 10.2 Å². The van der Waals surface area contributed by atoms with Crippen molar-refractivity contribution < 1.29 is 9.53 Å². The normalized spacial score (nSPS) is 15.6. The van der Waals surface area contributed by atoms with Crippen molar-refractivity contribution in [3.8, 4) is 5.75 Å². The van der Waals surface area contributed by atoms with Crippen LogP contribution >= 0.6 is 0 Å². The molecule has 0 aromatic heterocycles. The molecule has 0 spiro atoms. The third kappa shape index (κ3) is 4.73. The second kappa shape index (κ2) is 8.53. The zero-order valence-corrected chi connectivity index (χ0v) is 14.6. The molecular formula is C20H25N3O2. The molecule has 1 heterocycles. The number of methoxy groups -OCH3 is 1. The van der Waals surface area contributed by atoms with E-state index in [2.05, 4.69) is 27.7 Å². The summed E-state index contributed by atoms with van der Waals surface area (Å²) in [5.74, 6) is 0.843. The highest BCUT2D eigenvalue weighted by Gasteiger charge is 2.24. The first-order chi connectivity index (χ1) is 12.3. The van der Waals surface area contributed by atoms with Crippen molar-refractivity contribution in [2.75, 3.05) is 32.1 Å². The van der Waals surface area contributed by atoms with E-state index in [1.807, 2.05) is 42.5 Å². The van der Waals surface area contributed by atoms with Gasteiger partial charge in [0.2, 0.25) is 0 Å². The molecule has 0 aliphatic carbocycles. The van der Waals surface area contributed by atoms with E-state index in [4.69, 9.17) is 4.74 Å². The minimum Gasteiger partial charge on any atom is -0.497 e. The Hall–Kier alpha value is -2.53. The summed E-state index contributed by atoms with van der Waals surface area (Å²) < 4.78 is 5.35. The standard InChI is InChI=1S/C20H25N3O2/c1-25-18-11-7-8-16(14-18)19(23-12-5-6-13-23)15-21-20(24)22-17-9-3-2-4-10-17/h2-4,7-11,14,19H,5-6,12-13,15H2,1H3,(H2,21,22,24)/t19-/m0/s1. The third-order valence-electron chi connectivity index (χ3n) is 4.55. The first kappa shape index (κ1) is 17.3. The SMILES string of the molecule is COc1cccc([C@H](CNC(=O)Nc2ccccc2)N2CCCC2)c1. The quantitative estimate of drug-likeness (QED) is 0.844. The lowest BCUT2D eigenvalue weighted by atomic mass is 10.1. The summed E-state index contributed by atoms with van der Waals surface area (Å²) in [6, 6.07) is 17.5. The molecule has 1 atom stereocenters. The minimum absolute atomic E-state index is 0.152. The van der Waals surface area contributed by atoms with Crippen LogP contribution in [0, 0.1) is 0 Å². The van der Waals surface area contributed by atoms with Crippen LogP contribution in [0.25, 0.3) is 0 Å². The molecule has 1 aliphatic heterocycles. The van der Waals surface area contributed by atoms with Crippen molar-refractivity contribution in [2.24, 2.45) is 0 Å². The van der Waals surface area contributed by atoms with Gasteiger partial charge in [0.1, 0.15) is 5.75 Å². The van der Waals surface area contributed by atoms with Gasteiger partial charge < -0.3 is 15.4 Å². The summed E-state index contributed by atoms with van der Waals surface area (Å²) in [5, 5.41) is 5.88. The molecule has 1 aliphatic rings. The number of ether oxygens (including phenoxy) is 1. The van der Waals surface area contributed by atoms with Gasteiger partial charge in [0.05, 0.1) is 13.2 Å². The second-order valence-electron chi connectivity index (χ2n) is 6.24. The van der Waals surface area contributed by atoms with Gasteiger partial charge >= 0.3 is 6.03 Å². The number of rotatable bonds is 6. The smallest absolute Gasteiger partial charge is 0.319 e. The largest absolute Gasteiger partial charge is 0.497 e. The van der Waals surface area contributed by atoms with Crippen molar-refractivity contribution in [3.05, 3.63) is 60.2 Å². The van der Waals surface area contributed by atoms with Crippen LogP contribution in [0.1, 0.15) is 24.4 Å². The molecule has 5 nitrogen and oxygen atoms in total. The maximum Gasteiger partial charge on any atom is 0.319 e. The van der Waals surface area contributed by atoms with E-state index in [1.54, 1.807) is 7.11 Å². The number of hydrogen-bond acceptors (Lipinski definition) is 3. The van der Waals surface area contributed by atoms with E-state index in [1.165, 1.54) is 18.4 Å². The van der Waals surface area contributed by atoms with Gasteiger partial charge in [-0.15, -0.1) is 0 Å². The Morgan fingerprint density at radius 2 is 1.88 bits per heavy atom. The van der Waals surface area contributed by atoms with E-state index in [9.17, 15) is 4.79 Å². The van der Waals surface area contributed by atoms with Crippen LogP contribution in [0.3, 0.4) is 0 Å². The van der Waals surface area contributed by atoms with Gasteiger partial charge in [-0.1, -0.05) is 30.3 Å². The molecule has 25 heavy (non-hydrogen) atoms. The Morgan fingerprint density at radius 1 is 1.12 bits per heavy atom. The highest BCUT2D eigenvalue weighted by Crippen LogP contribution is 2.27. The Labute approximate surface area is 149 Å². The molecule has 3 rings (SSSR count). The van der Waals surface area contributed by atoms with Crippen LogP contribution in [0.4, 0.5) is 10.5 Å². The number of anilines is 1. The minimum atomic E-state index is -0.182. The van der Waals surface area contributed by atoms with E-state index in [-0.39, 0.29) is 12.1 Å². The first-order valence-corrected chi connectivity index (χ1v) is 8.74. The highest BCUT2D eigenvalue weighted by atomic mass is 16.5. The number of urea groups is 1. The highest BCUT2D eigenvalue weighted by molar-refractivity contribution is 5.89. The summed E-state index contributed by atoms with van der Waals surface area (Å²) in [6.07, 6.45) is 2.41. The average molecular weight is 339 g/mol. The molecule has 0 unspecified atom stereocenters. The van der Waals surface area contributed by atoms with Crippen molar-refractivity contribution in [1.29, 1.82) is 0 Å². The molecule has 1 saturated heterocycles. The van der Waals surface area contributed by atoms with Gasteiger partial charge in [0, 0.05) is 12.2 Å². The lowest BCUT2D eigenvalue weighted by molar-refractivity contribution is 0.227. The molecule has 2 aromatic carbocycles. The lowest BCUT2D eigenvalue weighted by Crippen LogP contribution is -2.38. The summed E-state index contributed by atoms with van der Waals surface area (Å²) in [4.78, 5) is 14.6. The fourth-order valence-electron chi connectivity index (χ4n) is 3.25. The molecule has 0 saturated carbocycles. The Kier molecular flexibility index (Phi) is 5.90. The van der Waals surface area contributed by atoms with Crippen LogP contribution in [-0.4, -0.2) is 37.7 Å². The molecule has 5 heteroatoms. The summed E-state index contributed by atoms with van der Waals surface area (Å²) in [5.41, 5.74) is 1.96. The number of likely N-dealkylation sites (tertiary alicyclic amines) is 1. The number of carbonyl (C=O) groups is 1. The maximum atomic E-state index is 12.2. The van der Waals surface area contributed by atoms with Crippen LogP contribution in [0.15, 0.2) is 54.6 Å². The zero-order valence-electron chi connectivity index (χ0n) is 14.6. The molecule has 0 bridgehead atoms. The molecule has 2 amide bonds. The Bertz CT molecular complexity index is 684. The van der Waals surface area contributed by atoms with Crippen molar-refractivity contribution in [3.63, 3.8) is 0 Å². The zero-order chi connectivity index (χ0) is 17.5. The number of amides is 2. The van der Waals surface area contributed by atoms with E-state index in [0.717, 1.165) is 24.5 Å². The molecule has 1 fully saturated rings. The van der Waals surface area contributed by atoms with Crippen LogP contribution < -0.4 is 15.4 Å². The van der Waals surface area contributed by atoms with E-state index in [0.29, 0.717) is 6.54 Å². The Morgan fingerprint density at radius 3 is 2.60 bits per heavy atom. The van der Waals surface area contributed by atoms with Crippen LogP contribution in [0.2, 0.25) is 0 Å². The van der Waals surface area contributed by atoms with Gasteiger partial charge in [-0.3, -0.25) is 4.90 Å². The van der Waals surface area contributed by atoms with Gasteiger partial charge in [-0.2, -0.15) is 0 Å². The predicted octanol–water partition coefficient (Wildman–Crippen LogP) is 3.65. The first-order valence-electron chi connectivity index (χ1n) is 8.74. The Balaban J connectivity index is 1.66. The molecule has 132 valence electrons. The predicted molar refractivity (Wildman–Crippen MR) is 100 cm³/mol. The number of nitrogens with zero attached hydrogens (tertiary/aromatic N) is 1. The summed E-state index contributed by atoms with van der Waals surface area (Å²) in [7, 11) is 1.68. The number of nitrogens with one attached hydrogen (secondary N) is 2. The fourth-order valence-corrected chi connectivity index (χ4v) is 3.25. The topological polar surface area (TPSA) is 53.6 Å². The molecule has 0 radical (unpaired) electrons. The van der Waals surface area contributed by atoms with Crippen molar-refractivity contribution >= 4 is 11.7 Å². The molecule has 2 aromatic rings.